The van der Waals surface area contributed by atoms with Gasteiger partial charge in [-0.05, 0) is 35.6 Å². The fraction of sp³-hybridized carbons (Fsp3) is 0.292. The summed E-state index contributed by atoms with van der Waals surface area (Å²) in [4.78, 5) is 36.5. The zero-order chi connectivity index (χ0) is 21.7. The molecule has 30 heavy (non-hydrogen) atoms. The zero-order valence-corrected chi connectivity index (χ0v) is 17.1. The van der Waals surface area contributed by atoms with E-state index in [2.05, 4.69) is 28.8 Å². The van der Waals surface area contributed by atoms with Crippen molar-refractivity contribution in [2.45, 2.75) is 31.2 Å². The van der Waals surface area contributed by atoms with Gasteiger partial charge in [0.2, 0.25) is 0 Å². The van der Waals surface area contributed by atoms with Crippen molar-refractivity contribution in [3.05, 3.63) is 72.3 Å². The van der Waals surface area contributed by atoms with Gasteiger partial charge in [-0.2, -0.15) is 0 Å². The van der Waals surface area contributed by atoms with E-state index in [-0.39, 0.29) is 18.9 Å². The van der Waals surface area contributed by atoms with Crippen LogP contribution in [0.5, 0.6) is 0 Å². The zero-order valence-electron chi connectivity index (χ0n) is 17.1. The first kappa shape index (κ1) is 21.3. The maximum absolute atomic E-state index is 12.5. The molecular weight excluding hydrogens is 382 g/mol. The molecule has 6 heteroatoms. The number of nitrogens with one attached hydrogen (secondary N) is 1. The summed E-state index contributed by atoms with van der Waals surface area (Å²) in [7, 11) is 1.21. The molecule has 1 N–H and O–H groups in total. The highest BCUT2D eigenvalue weighted by Gasteiger charge is 2.36. The third-order valence-corrected chi connectivity index (χ3v) is 5.42. The van der Waals surface area contributed by atoms with Crippen molar-refractivity contribution in [3.63, 3.8) is 0 Å². The fourth-order valence-corrected chi connectivity index (χ4v) is 3.78. The fourth-order valence-electron chi connectivity index (χ4n) is 3.78. The van der Waals surface area contributed by atoms with Crippen molar-refractivity contribution in [1.29, 1.82) is 0 Å². The lowest BCUT2D eigenvalue weighted by Crippen LogP contribution is -2.52. The second-order valence-corrected chi connectivity index (χ2v) is 7.45. The standard InChI is InChI=1S/C24H25NO5/c1-4-13-24(2,21(26)14-22(27)29-3)25-23(28)30-15-20-18-11-7-5-9-16(18)17-10-6-8-12-19(17)20/h4-12,20H,1,13-15H2,2-3H3,(H,25,28)/t24-/m0/s1. The first-order valence-corrected chi connectivity index (χ1v) is 9.74. The van der Waals surface area contributed by atoms with Gasteiger partial charge in [-0.25, -0.2) is 4.79 Å². The average Bonchev–Trinajstić information content (AvgIpc) is 3.06. The minimum absolute atomic E-state index is 0.0837. The van der Waals surface area contributed by atoms with Gasteiger partial charge in [-0.1, -0.05) is 54.6 Å². The highest BCUT2D eigenvalue weighted by Crippen LogP contribution is 2.44. The SMILES string of the molecule is C=CC[C@](C)(NC(=O)OCC1c2ccccc2-c2ccccc21)C(=O)CC(=O)OC. The van der Waals surface area contributed by atoms with Gasteiger partial charge in [0, 0.05) is 5.92 Å². The summed E-state index contributed by atoms with van der Waals surface area (Å²) in [5.74, 6) is -1.22. The van der Waals surface area contributed by atoms with E-state index in [1.807, 2.05) is 36.4 Å². The number of carbonyl (C=O) groups excluding carboxylic acids is 3. The van der Waals surface area contributed by atoms with Crippen LogP contribution in [0, 0.1) is 0 Å². The molecule has 0 fully saturated rings. The number of hydrogen-bond acceptors (Lipinski definition) is 5. The lowest BCUT2D eigenvalue weighted by Gasteiger charge is -2.28. The number of hydrogen-bond donors (Lipinski definition) is 1. The van der Waals surface area contributed by atoms with Crippen LogP contribution in [-0.2, 0) is 19.1 Å². The van der Waals surface area contributed by atoms with Gasteiger partial charge in [0.25, 0.3) is 0 Å². The predicted octanol–water partition coefficient (Wildman–Crippen LogP) is 3.99. The number of methoxy groups -OCH3 is 1. The molecule has 0 aliphatic heterocycles. The molecule has 3 rings (SSSR count). The first-order valence-electron chi connectivity index (χ1n) is 9.74. The van der Waals surface area contributed by atoms with E-state index in [0.29, 0.717) is 0 Å². The summed E-state index contributed by atoms with van der Waals surface area (Å²) in [6.07, 6.45) is 0.510. The summed E-state index contributed by atoms with van der Waals surface area (Å²) < 4.78 is 10.1. The molecule has 2 aromatic carbocycles. The third-order valence-electron chi connectivity index (χ3n) is 5.42. The molecule has 1 amide bonds. The summed E-state index contributed by atoms with van der Waals surface area (Å²) in [5, 5.41) is 2.61. The quantitative estimate of drug-likeness (QED) is 0.406. The Labute approximate surface area is 175 Å². The monoisotopic (exact) mass is 407 g/mol. The van der Waals surface area contributed by atoms with Crippen molar-refractivity contribution >= 4 is 17.8 Å². The Morgan fingerprint density at radius 2 is 1.63 bits per heavy atom. The largest absolute Gasteiger partial charge is 0.469 e. The van der Waals surface area contributed by atoms with Crippen molar-refractivity contribution in [2.24, 2.45) is 0 Å². The number of carbonyl (C=O) groups is 3. The number of amides is 1. The Hall–Kier alpha value is -3.41. The molecule has 0 unspecified atom stereocenters. The Kier molecular flexibility index (Phi) is 6.35. The molecule has 0 spiro atoms. The number of Topliss-reactive ketones (excluding diaryl/α,β-unsaturated/α-hetero) is 1. The maximum atomic E-state index is 12.5. The molecule has 0 bridgehead atoms. The highest BCUT2D eigenvalue weighted by atomic mass is 16.5. The van der Waals surface area contributed by atoms with E-state index in [1.54, 1.807) is 6.92 Å². The third kappa shape index (κ3) is 4.27. The summed E-state index contributed by atoms with van der Waals surface area (Å²) in [5.41, 5.74) is 3.15. The summed E-state index contributed by atoms with van der Waals surface area (Å²) in [6.45, 7) is 5.31. The Bertz CT molecular complexity index is 938. The predicted molar refractivity (Wildman–Crippen MR) is 113 cm³/mol. The van der Waals surface area contributed by atoms with Crippen LogP contribution < -0.4 is 5.32 Å². The van der Waals surface area contributed by atoms with Crippen LogP contribution in [0.2, 0.25) is 0 Å². The van der Waals surface area contributed by atoms with E-state index in [4.69, 9.17) is 4.74 Å². The van der Waals surface area contributed by atoms with Gasteiger partial charge in [-0.15, -0.1) is 6.58 Å². The van der Waals surface area contributed by atoms with Crippen molar-refractivity contribution in [1.82, 2.24) is 5.32 Å². The highest BCUT2D eigenvalue weighted by molar-refractivity contribution is 6.02. The van der Waals surface area contributed by atoms with Gasteiger partial charge in [-0.3, -0.25) is 9.59 Å². The summed E-state index contributed by atoms with van der Waals surface area (Å²) in [6, 6.07) is 16.1. The average molecular weight is 407 g/mol. The van der Waals surface area contributed by atoms with Gasteiger partial charge in [0.15, 0.2) is 5.78 Å². The van der Waals surface area contributed by atoms with Crippen molar-refractivity contribution in [2.75, 3.05) is 13.7 Å². The second-order valence-electron chi connectivity index (χ2n) is 7.45. The number of ether oxygens (including phenoxy) is 2. The van der Waals surface area contributed by atoms with Crippen LogP contribution in [0.3, 0.4) is 0 Å². The Morgan fingerprint density at radius 3 is 2.17 bits per heavy atom. The number of benzene rings is 2. The van der Waals surface area contributed by atoms with Crippen LogP contribution in [0.4, 0.5) is 4.79 Å². The molecule has 1 aliphatic rings. The smallest absolute Gasteiger partial charge is 0.407 e. The number of ketones is 1. The molecule has 0 saturated heterocycles. The molecule has 2 aromatic rings. The maximum Gasteiger partial charge on any atom is 0.407 e. The van der Waals surface area contributed by atoms with Crippen molar-refractivity contribution < 1.29 is 23.9 Å². The molecule has 0 saturated carbocycles. The van der Waals surface area contributed by atoms with Crippen LogP contribution in [0.1, 0.15) is 36.8 Å². The molecule has 1 aliphatic carbocycles. The van der Waals surface area contributed by atoms with E-state index >= 15 is 0 Å². The minimum Gasteiger partial charge on any atom is -0.469 e. The number of alkyl carbamates (subject to hydrolysis) is 1. The molecule has 0 heterocycles. The van der Waals surface area contributed by atoms with E-state index in [0.717, 1.165) is 22.3 Å². The molecule has 0 aromatic heterocycles. The van der Waals surface area contributed by atoms with Crippen LogP contribution >= 0.6 is 0 Å². The summed E-state index contributed by atoms with van der Waals surface area (Å²) >= 11 is 0. The van der Waals surface area contributed by atoms with E-state index < -0.39 is 29.8 Å². The molecule has 6 nitrogen and oxygen atoms in total. The molecule has 0 radical (unpaired) electrons. The van der Waals surface area contributed by atoms with Crippen LogP contribution in [0.25, 0.3) is 11.1 Å². The normalized spacial score (nSPS) is 14.1. The molecular formula is C24H25NO5. The van der Waals surface area contributed by atoms with Crippen molar-refractivity contribution in [3.8, 4) is 11.1 Å². The van der Waals surface area contributed by atoms with Gasteiger partial charge in [0.05, 0.1) is 7.11 Å². The number of esters is 1. The number of rotatable bonds is 8. The van der Waals surface area contributed by atoms with Gasteiger partial charge >= 0.3 is 12.1 Å². The lowest BCUT2D eigenvalue weighted by molar-refractivity contribution is -0.144. The Balaban J connectivity index is 1.71. The number of fused-ring (bicyclic) bond motifs is 3. The second kappa shape index (κ2) is 8.95. The minimum atomic E-state index is -1.31. The van der Waals surface area contributed by atoms with Gasteiger partial charge < -0.3 is 14.8 Å². The van der Waals surface area contributed by atoms with E-state index in [1.165, 1.54) is 13.2 Å². The van der Waals surface area contributed by atoms with E-state index in [9.17, 15) is 14.4 Å². The lowest BCUT2D eigenvalue weighted by atomic mass is 9.90. The topological polar surface area (TPSA) is 81.7 Å². The Morgan fingerprint density at radius 1 is 1.07 bits per heavy atom. The van der Waals surface area contributed by atoms with Crippen LogP contribution in [-0.4, -0.2) is 37.1 Å². The molecule has 1 atom stereocenters. The first-order chi connectivity index (χ1) is 14.4. The molecule has 156 valence electrons. The van der Waals surface area contributed by atoms with Gasteiger partial charge in [0.1, 0.15) is 18.6 Å². The van der Waals surface area contributed by atoms with Crippen LogP contribution in [0.15, 0.2) is 61.2 Å².